The van der Waals surface area contributed by atoms with Crippen LogP contribution in [0, 0.1) is 0 Å². The highest BCUT2D eigenvalue weighted by Crippen LogP contribution is 2.44. The van der Waals surface area contributed by atoms with Gasteiger partial charge in [0.05, 0.1) is 22.4 Å². The normalized spacial score (nSPS) is 11.5. The van der Waals surface area contributed by atoms with Crippen LogP contribution in [0.2, 0.25) is 0 Å². The van der Waals surface area contributed by atoms with E-state index in [1.807, 2.05) is 0 Å². The second-order valence-corrected chi connectivity index (χ2v) is 15.4. The summed E-state index contributed by atoms with van der Waals surface area (Å²) < 4.78 is 2.54. The molecule has 56 heavy (non-hydrogen) atoms. The summed E-state index contributed by atoms with van der Waals surface area (Å²) in [7, 11) is 0. The second kappa shape index (κ2) is 14.9. The molecule has 0 aliphatic carbocycles. The van der Waals surface area contributed by atoms with Gasteiger partial charge >= 0.3 is 0 Å². The molecule has 0 radical (unpaired) electrons. The Kier molecular flexibility index (Phi) is 9.33. The molecule has 2 heteroatoms. The Balaban J connectivity index is 1.34. The van der Waals surface area contributed by atoms with Crippen LogP contribution in [0.5, 0.6) is 0 Å². The van der Waals surface area contributed by atoms with Crippen molar-refractivity contribution < 1.29 is 0 Å². The third kappa shape index (κ3) is 6.58. The average molecular weight is 723 g/mol. The molecule has 0 saturated carbocycles. The summed E-state index contributed by atoms with van der Waals surface area (Å²) in [6, 6.07) is 71.2. The second-order valence-electron chi connectivity index (χ2n) is 15.4. The third-order valence-corrected chi connectivity index (χ3v) is 11.2. The fourth-order valence-electron chi connectivity index (χ4n) is 8.03. The Morgan fingerprint density at radius 1 is 0.357 bits per heavy atom. The Morgan fingerprint density at radius 2 is 0.732 bits per heavy atom. The summed E-state index contributed by atoms with van der Waals surface area (Å²) in [5, 5.41) is 2.53. The molecule has 1 aromatic heterocycles. The highest BCUT2D eigenvalue weighted by molar-refractivity contribution is 6.10. The Labute approximate surface area is 331 Å². The number of hydrogen-bond donors (Lipinski definition) is 0. The van der Waals surface area contributed by atoms with Gasteiger partial charge in [0.25, 0.3) is 0 Å². The minimum Gasteiger partial charge on any atom is -0.308 e. The smallest absolute Gasteiger partial charge is 0.0709 e. The first-order valence-corrected chi connectivity index (χ1v) is 19.8. The number of aromatic nitrogens is 1. The first kappa shape index (κ1) is 35.1. The number of rotatable bonds is 9. The maximum Gasteiger partial charge on any atom is 0.0709 e. The van der Waals surface area contributed by atoms with Gasteiger partial charge in [-0.25, -0.2) is 0 Å². The van der Waals surface area contributed by atoms with Crippen LogP contribution in [-0.2, 0) is 0 Å². The summed E-state index contributed by atoms with van der Waals surface area (Å²) >= 11 is 0. The number of hydrogen-bond acceptors (Lipinski definition) is 1. The van der Waals surface area contributed by atoms with Crippen molar-refractivity contribution >= 4 is 38.9 Å². The standard InChI is InChI=1S/C54H46N2/c1-37(2)44-24-31-49-50-32-25-45(38(3)4)35-53(50)56(52(49)34-44)54-36-46(41-18-12-7-13-19-41)26-33-51(54)55(47-27-20-42(21-28-47)39-14-8-5-9-15-39)48-29-22-43(23-30-48)40-16-10-6-11-17-40/h5-38H,1-4H3. The fourth-order valence-corrected chi connectivity index (χ4v) is 8.03. The van der Waals surface area contributed by atoms with E-state index in [0.717, 1.165) is 22.7 Å². The largest absolute Gasteiger partial charge is 0.308 e. The van der Waals surface area contributed by atoms with Crippen LogP contribution >= 0.6 is 0 Å². The molecule has 0 aliphatic heterocycles. The van der Waals surface area contributed by atoms with Crippen LogP contribution in [0.4, 0.5) is 17.1 Å². The van der Waals surface area contributed by atoms with Gasteiger partial charge in [0.15, 0.2) is 0 Å². The number of anilines is 3. The van der Waals surface area contributed by atoms with E-state index in [0.29, 0.717) is 11.8 Å². The lowest BCUT2D eigenvalue weighted by Crippen LogP contribution is -2.13. The van der Waals surface area contributed by atoms with Gasteiger partial charge in [-0.2, -0.15) is 0 Å². The van der Waals surface area contributed by atoms with Gasteiger partial charge in [-0.15, -0.1) is 0 Å². The molecule has 0 N–H and O–H groups in total. The monoisotopic (exact) mass is 722 g/mol. The van der Waals surface area contributed by atoms with Crippen molar-refractivity contribution in [1.82, 2.24) is 4.57 Å². The van der Waals surface area contributed by atoms with Crippen molar-refractivity contribution in [1.29, 1.82) is 0 Å². The van der Waals surface area contributed by atoms with Crippen LogP contribution in [0.15, 0.2) is 194 Å². The first-order chi connectivity index (χ1) is 27.4. The lowest BCUT2D eigenvalue weighted by atomic mass is 10.00. The van der Waals surface area contributed by atoms with E-state index in [-0.39, 0.29) is 0 Å². The summed E-state index contributed by atoms with van der Waals surface area (Å²) in [6.07, 6.45) is 0. The zero-order valence-electron chi connectivity index (χ0n) is 32.5. The molecular formula is C54H46N2. The van der Waals surface area contributed by atoms with Crippen molar-refractivity contribution in [2.24, 2.45) is 0 Å². The van der Waals surface area contributed by atoms with Crippen molar-refractivity contribution in [3.8, 4) is 39.1 Å². The molecule has 272 valence electrons. The van der Waals surface area contributed by atoms with Gasteiger partial charge in [-0.3, -0.25) is 0 Å². The Bertz CT molecular complexity index is 2610. The maximum absolute atomic E-state index is 2.54. The highest BCUT2D eigenvalue weighted by Gasteiger charge is 2.23. The molecule has 0 unspecified atom stereocenters. The molecule has 2 nitrogen and oxygen atoms in total. The molecule has 9 rings (SSSR count). The van der Waals surface area contributed by atoms with Gasteiger partial charge in [-0.05, 0) is 105 Å². The number of fused-ring (bicyclic) bond motifs is 3. The molecule has 0 amide bonds. The number of benzene rings is 8. The van der Waals surface area contributed by atoms with Gasteiger partial charge in [0, 0.05) is 22.1 Å². The minimum atomic E-state index is 0.398. The van der Waals surface area contributed by atoms with Gasteiger partial charge in [0.2, 0.25) is 0 Å². The summed E-state index contributed by atoms with van der Waals surface area (Å²) in [6.45, 7) is 9.14. The van der Waals surface area contributed by atoms with Gasteiger partial charge in [0.1, 0.15) is 0 Å². The summed E-state index contributed by atoms with van der Waals surface area (Å²) in [4.78, 5) is 2.43. The quantitative estimate of drug-likeness (QED) is 0.144. The first-order valence-electron chi connectivity index (χ1n) is 19.8. The average Bonchev–Trinajstić information content (AvgIpc) is 3.58. The lowest BCUT2D eigenvalue weighted by Gasteiger charge is -2.29. The van der Waals surface area contributed by atoms with Gasteiger partial charge in [-0.1, -0.05) is 173 Å². The van der Waals surface area contributed by atoms with Gasteiger partial charge < -0.3 is 9.47 Å². The predicted molar refractivity (Wildman–Crippen MR) is 240 cm³/mol. The molecule has 0 fully saturated rings. The summed E-state index contributed by atoms with van der Waals surface area (Å²) in [5.41, 5.74) is 16.7. The van der Waals surface area contributed by atoms with E-state index in [4.69, 9.17) is 0 Å². The maximum atomic E-state index is 2.54. The SMILES string of the molecule is CC(C)c1ccc2c3ccc(C(C)C)cc3n(-c3cc(-c4ccccc4)ccc3N(c3ccc(-c4ccccc4)cc3)c3ccc(-c4ccccc4)cc3)c2c1. The van der Waals surface area contributed by atoms with Crippen LogP contribution in [0.1, 0.15) is 50.7 Å². The zero-order chi connectivity index (χ0) is 38.2. The molecule has 0 saturated heterocycles. The molecule has 9 aromatic rings. The van der Waals surface area contributed by atoms with E-state index in [9.17, 15) is 0 Å². The van der Waals surface area contributed by atoms with E-state index in [2.05, 4.69) is 231 Å². The van der Waals surface area contributed by atoms with Crippen LogP contribution < -0.4 is 4.90 Å². The molecule has 1 heterocycles. The molecule has 0 atom stereocenters. The van der Waals surface area contributed by atoms with E-state index in [1.54, 1.807) is 0 Å². The molecule has 8 aromatic carbocycles. The minimum absolute atomic E-state index is 0.398. The van der Waals surface area contributed by atoms with Crippen molar-refractivity contribution in [2.45, 2.75) is 39.5 Å². The molecular weight excluding hydrogens is 677 g/mol. The third-order valence-electron chi connectivity index (χ3n) is 11.2. The lowest BCUT2D eigenvalue weighted by molar-refractivity contribution is 0.867. The van der Waals surface area contributed by atoms with Crippen LogP contribution in [-0.4, -0.2) is 4.57 Å². The Hall–Kier alpha value is -6.64. The highest BCUT2D eigenvalue weighted by atomic mass is 15.2. The van der Waals surface area contributed by atoms with Crippen LogP contribution in [0.3, 0.4) is 0 Å². The van der Waals surface area contributed by atoms with E-state index >= 15 is 0 Å². The predicted octanol–water partition coefficient (Wildman–Crippen LogP) is 15.5. The van der Waals surface area contributed by atoms with E-state index in [1.165, 1.54) is 66.3 Å². The fraction of sp³-hybridized carbons (Fsp3) is 0.111. The summed E-state index contributed by atoms with van der Waals surface area (Å²) in [5.74, 6) is 0.796. The van der Waals surface area contributed by atoms with Crippen molar-refractivity contribution in [2.75, 3.05) is 4.90 Å². The molecule has 0 bridgehead atoms. The van der Waals surface area contributed by atoms with Crippen molar-refractivity contribution in [3.63, 3.8) is 0 Å². The van der Waals surface area contributed by atoms with Crippen molar-refractivity contribution in [3.05, 3.63) is 205 Å². The topological polar surface area (TPSA) is 8.17 Å². The zero-order valence-corrected chi connectivity index (χ0v) is 32.5. The molecule has 0 spiro atoms. The number of nitrogens with zero attached hydrogens (tertiary/aromatic N) is 2. The van der Waals surface area contributed by atoms with E-state index < -0.39 is 0 Å². The Morgan fingerprint density at radius 3 is 1.14 bits per heavy atom. The van der Waals surface area contributed by atoms with Crippen LogP contribution in [0.25, 0.3) is 60.9 Å². The molecule has 0 aliphatic rings.